The van der Waals surface area contributed by atoms with Crippen LogP contribution in [0.25, 0.3) is 10.2 Å². The molecule has 1 atom stereocenters. The first-order valence-electron chi connectivity index (χ1n) is 10.5. The number of aromatic nitrogens is 2. The van der Waals surface area contributed by atoms with E-state index in [0.717, 1.165) is 21.5 Å². The van der Waals surface area contributed by atoms with Crippen LogP contribution in [0.4, 0.5) is 5.13 Å². The van der Waals surface area contributed by atoms with Crippen LogP contribution in [0.3, 0.4) is 0 Å². The van der Waals surface area contributed by atoms with Crippen LogP contribution >= 0.6 is 11.3 Å². The third-order valence-electron chi connectivity index (χ3n) is 5.42. The molecule has 3 heterocycles. The summed E-state index contributed by atoms with van der Waals surface area (Å²) in [6.07, 6.45) is 5.91. The SMILES string of the molecule is CCOc1ccc2nc(N(Cc3cccnc3)C(=O)C3CCCN(S(C)(=O)=O)C3)sc2c1. The highest BCUT2D eigenvalue weighted by atomic mass is 32.2. The Bertz CT molecular complexity index is 1200. The van der Waals surface area contributed by atoms with E-state index < -0.39 is 15.9 Å². The average Bonchev–Trinajstić information content (AvgIpc) is 3.20. The van der Waals surface area contributed by atoms with Gasteiger partial charge in [0, 0.05) is 25.5 Å². The Morgan fingerprint density at radius 1 is 1.34 bits per heavy atom. The van der Waals surface area contributed by atoms with Crippen LogP contribution in [0.2, 0.25) is 0 Å². The number of amides is 1. The van der Waals surface area contributed by atoms with Gasteiger partial charge in [-0.2, -0.15) is 0 Å². The molecule has 32 heavy (non-hydrogen) atoms. The van der Waals surface area contributed by atoms with Gasteiger partial charge in [0.25, 0.3) is 0 Å². The molecule has 3 aromatic rings. The maximum atomic E-state index is 13.6. The Morgan fingerprint density at radius 2 is 2.19 bits per heavy atom. The zero-order chi connectivity index (χ0) is 22.7. The second kappa shape index (κ2) is 9.51. The third-order valence-corrected chi connectivity index (χ3v) is 7.73. The number of rotatable bonds is 7. The van der Waals surface area contributed by atoms with E-state index in [1.54, 1.807) is 17.3 Å². The summed E-state index contributed by atoms with van der Waals surface area (Å²) in [6.45, 7) is 3.47. The molecule has 0 saturated carbocycles. The smallest absolute Gasteiger partial charge is 0.233 e. The Labute approximate surface area is 191 Å². The summed E-state index contributed by atoms with van der Waals surface area (Å²) in [6, 6.07) is 9.43. The van der Waals surface area contributed by atoms with Gasteiger partial charge < -0.3 is 4.74 Å². The predicted octanol–water partition coefficient (Wildman–Crippen LogP) is 3.29. The maximum absolute atomic E-state index is 13.6. The van der Waals surface area contributed by atoms with E-state index in [0.29, 0.717) is 37.7 Å². The first-order valence-corrected chi connectivity index (χ1v) is 13.2. The van der Waals surface area contributed by atoms with Gasteiger partial charge in [-0.15, -0.1) is 0 Å². The van der Waals surface area contributed by atoms with Crippen LogP contribution in [0.5, 0.6) is 5.75 Å². The molecule has 1 aliphatic rings. The number of fused-ring (bicyclic) bond motifs is 1. The molecule has 4 rings (SSSR count). The van der Waals surface area contributed by atoms with E-state index in [2.05, 4.69) is 4.98 Å². The first-order chi connectivity index (χ1) is 15.3. The molecule has 1 aromatic carbocycles. The highest BCUT2D eigenvalue weighted by Crippen LogP contribution is 2.34. The number of carbonyl (C=O) groups is 1. The average molecular weight is 475 g/mol. The summed E-state index contributed by atoms with van der Waals surface area (Å²) >= 11 is 1.43. The number of hydrogen-bond donors (Lipinski definition) is 0. The zero-order valence-corrected chi connectivity index (χ0v) is 19.7. The van der Waals surface area contributed by atoms with Crippen LogP contribution in [0.15, 0.2) is 42.7 Å². The number of carbonyl (C=O) groups excluding carboxylic acids is 1. The van der Waals surface area contributed by atoms with Crippen molar-refractivity contribution in [3.05, 3.63) is 48.3 Å². The molecule has 1 fully saturated rings. The van der Waals surface area contributed by atoms with Crippen LogP contribution in [0.1, 0.15) is 25.3 Å². The summed E-state index contributed by atoms with van der Waals surface area (Å²) in [5.74, 6) is 0.226. The number of benzene rings is 1. The lowest BCUT2D eigenvalue weighted by atomic mass is 9.98. The molecule has 0 radical (unpaired) electrons. The van der Waals surface area contributed by atoms with Crippen molar-refractivity contribution in [1.82, 2.24) is 14.3 Å². The van der Waals surface area contributed by atoms with Crippen molar-refractivity contribution < 1.29 is 17.9 Å². The fourth-order valence-corrected chi connectivity index (χ4v) is 5.75. The Balaban J connectivity index is 1.67. The van der Waals surface area contributed by atoms with Gasteiger partial charge in [0.05, 0.1) is 35.5 Å². The van der Waals surface area contributed by atoms with Crippen molar-refractivity contribution in [2.75, 3.05) is 30.9 Å². The quantitative estimate of drug-likeness (QED) is 0.522. The fraction of sp³-hybridized carbons (Fsp3) is 0.409. The molecule has 8 nitrogen and oxygen atoms in total. The summed E-state index contributed by atoms with van der Waals surface area (Å²) in [5.41, 5.74) is 1.67. The van der Waals surface area contributed by atoms with E-state index in [1.807, 2.05) is 37.3 Å². The molecular weight excluding hydrogens is 448 g/mol. The van der Waals surface area contributed by atoms with Crippen molar-refractivity contribution in [3.8, 4) is 5.75 Å². The minimum atomic E-state index is -3.35. The van der Waals surface area contributed by atoms with Crippen molar-refractivity contribution in [3.63, 3.8) is 0 Å². The highest BCUT2D eigenvalue weighted by Gasteiger charge is 2.34. The van der Waals surface area contributed by atoms with E-state index in [-0.39, 0.29) is 12.5 Å². The number of pyridine rings is 1. The second-order valence-electron chi connectivity index (χ2n) is 7.80. The lowest BCUT2D eigenvalue weighted by Crippen LogP contribution is -2.46. The van der Waals surface area contributed by atoms with E-state index in [9.17, 15) is 13.2 Å². The maximum Gasteiger partial charge on any atom is 0.233 e. The molecule has 1 amide bonds. The molecular formula is C22H26N4O4S2. The number of thiazole rings is 1. The lowest BCUT2D eigenvalue weighted by Gasteiger charge is -2.33. The standard InChI is InChI=1S/C22H26N4O4S2/c1-3-30-18-8-9-19-20(12-18)31-22(24-19)26(14-16-6-4-10-23-13-16)21(27)17-7-5-11-25(15-17)32(2,28)29/h4,6,8-10,12-13,17H,3,5,7,11,14-15H2,1-2H3. The molecule has 0 spiro atoms. The van der Waals surface area contributed by atoms with Crippen molar-refractivity contribution in [2.45, 2.75) is 26.3 Å². The number of anilines is 1. The molecule has 10 heteroatoms. The molecule has 1 unspecified atom stereocenters. The number of hydrogen-bond acceptors (Lipinski definition) is 7. The van der Waals surface area contributed by atoms with Gasteiger partial charge >= 0.3 is 0 Å². The normalized spacial score (nSPS) is 17.4. The fourth-order valence-electron chi connectivity index (χ4n) is 3.84. The summed E-state index contributed by atoms with van der Waals surface area (Å²) in [4.78, 5) is 24.2. The third kappa shape index (κ3) is 5.08. The van der Waals surface area contributed by atoms with E-state index in [1.165, 1.54) is 21.9 Å². The topological polar surface area (TPSA) is 92.7 Å². The summed E-state index contributed by atoms with van der Waals surface area (Å²) in [5, 5.41) is 0.582. The minimum absolute atomic E-state index is 0.119. The second-order valence-corrected chi connectivity index (χ2v) is 10.8. The van der Waals surface area contributed by atoms with Gasteiger partial charge in [0.1, 0.15) is 5.75 Å². The van der Waals surface area contributed by atoms with Gasteiger partial charge in [-0.3, -0.25) is 14.7 Å². The molecule has 0 bridgehead atoms. The van der Waals surface area contributed by atoms with Gasteiger partial charge in [-0.05, 0) is 49.6 Å². The van der Waals surface area contributed by atoms with Crippen LogP contribution in [-0.2, 0) is 21.4 Å². The van der Waals surface area contributed by atoms with Crippen LogP contribution in [-0.4, -0.2) is 54.6 Å². The van der Waals surface area contributed by atoms with Crippen molar-refractivity contribution >= 4 is 42.6 Å². The molecule has 170 valence electrons. The molecule has 2 aromatic heterocycles. The Kier molecular flexibility index (Phi) is 6.73. The van der Waals surface area contributed by atoms with E-state index >= 15 is 0 Å². The molecule has 1 aliphatic heterocycles. The van der Waals surface area contributed by atoms with Crippen molar-refractivity contribution in [2.24, 2.45) is 5.92 Å². The molecule has 1 saturated heterocycles. The summed E-state index contributed by atoms with van der Waals surface area (Å²) in [7, 11) is -3.35. The minimum Gasteiger partial charge on any atom is -0.494 e. The first kappa shape index (κ1) is 22.6. The number of sulfonamides is 1. The number of ether oxygens (including phenoxy) is 1. The van der Waals surface area contributed by atoms with Gasteiger partial charge in [0.2, 0.25) is 15.9 Å². The van der Waals surface area contributed by atoms with Crippen LogP contribution in [0, 0.1) is 5.92 Å². The van der Waals surface area contributed by atoms with Gasteiger partial charge in [-0.1, -0.05) is 17.4 Å². The predicted molar refractivity (Wildman–Crippen MR) is 125 cm³/mol. The summed E-state index contributed by atoms with van der Waals surface area (Å²) < 4.78 is 32.0. The highest BCUT2D eigenvalue weighted by molar-refractivity contribution is 7.88. The van der Waals surface area contributed by atoms with Crippen molar-refractivity contribution in [1.29, 1.82) is 0 Å². The van der Waals surface area contributed by atoms with Gasteiger partial charge in [0.15, 0.2) is 5.13 Å². The van der Waals surface area contributed by atoms with E-state index in [4.69, 9.17) is 9.72 Å². The Morgan fingerprint density at radius 3 is 2.91 bits per heavy atom. The number of piperidine rings is 1. The number of nitrogens with zero attached hydrogens (tertiary/aromatic N) is 4. The Hall–Kier alpha value is -2.56. The van der Waals surface area contributed by atoms with Gasteiger partial charge in [-0.25, -0.2) is 17.7 Å². The van der Waals surface area contributed by atoms with Crippen LogP contribution < -0.4 is 9.64 Å². The molecule has 0 aliphatic carbocycles. The monoisotopic (exact) mass is 474 g/mol. The lowest BCUT2D eigenvalue weighted by molar-refractivity contribution is -0.123. The largest absolute Gasteiger partial charge is 0.494 e. The zero-order valence-electron chi connectivity index (χ0n) is 18.1. The molecule has 0 N–H and O–H groups in total.